The van der Waals surface area contributed by atoms with Crippen LogP contribution in [-0.4, -0.2) is 29.4 Å². The standard InChI is InChI=1S/C13H14F2N2O/c14-10-3-1-2-9(11(10)15)12(18)17-6-13(16,7-17)8-4-5-8/h1-3,8H,4-7,16H2. The van der Waals surface area contributed by atoms with Gasteiger partial charge >= 0.3 is 0 Å². The maximum atomic E-state index is 13.5. The second-order valence-electron chi connectivity index (χ2n) is 5.27. The maximum absolute atomic E-state index is 13.5. The topological polar surface area (TPSA) is 46.3 Å². The molecule has 1 aliphatic heterocycles. The molecule has 18 heavy (non-hydrogen) atoms. The monoisotopic (exact) mass is 252 g/mol. The van der Waals surface area contributed by atoms with Gasteiger partial charge in [0.1, 0.15) is 0 Å². The number of carbonyl (C=O) groups is 1. The molecule has 0 aromatic heterocycles. The number of halogens is 2. The van der Waals surface area contributed by atoms with Crippen LogP contribution in [0.5, 0.6) is 0 Å². The minimum absolute atomic E-state index is 0.215. The SMILES string of the molecule is NC1(C2CC2)CN(C(=O)c2cccc(F)c2F)C1. The van der Waals surface area contributed by atoms with Crippen LogP contribution < -0.4 is 5.73 Å². The average molecular weight is 252 g/mol. The molecule has 0 radical (unpaired) electrons. The molecule has 0 spiro atoms. The quantitative estimate of drug-likeness (QED) is 0.867. The molecule has 3 nitrogen and oxygen atoms in total. The van der Waals surface area contributed by atoms with Crippen LogP contribution in [0.25, 0.3) is 0 Å². The third-order valence-electron chi connectivity index (χ3n) is 3.83. The van der Waals surface area contributed by atoms with E-state index in [0.29, 0.717) is 19.0 Å². The van der Waals surface area contributed by atoms with Gasteiger partial charge in [-0.15, -0.1) is 0 Å². The van der Waals surface area contributed by atoms with Crippen LogP contribution in [-0.2, 0) is 0 Å². The molecular formula is C13H14F2N2O. The summed E-state index contributed by atoms with van der Waals surface area (Å²) >= 11 is 0. The van der Waals surface area contributed by atoms with Gasteiger partial charge in [0.25, 0.3) is 5.91 Å². The third kappa shape index (κ3) is 1.70. The number of amides is 1. The lowest BCUT2D eigenvalue weighted by atomic mass is 9.85. The van der Waals surface area contributed by atoms with Crippen LogP contribution in [0.1, 0.15) is 23.2 Å². The van der Waals surface area contributed by atoms with E-state index < -0.39 is 17.5 Å². The highest BCUT2D eigenvalue weighted by molar-refractivity contribution is 5.95. The van der Waals surface area contributed by atoms with Crippen molar-refractivity contribution < 1.29 is 13.6 Å². The Morgan fingerprint density at radius 3 is 2.61 bits per heavy atom. The summed E-state index contributed by atoms with van der Waals surface area (Å²) < 4.78 is 26.5. The summed E-state index contributed by atoms with van der Waals surface area (Å²) in [6.07, 6.45) is 2.21. The van der Waals surface area contributed by atoms with Crippen LogP contribution in [0.15, 0.2) is 18.2 Å². The zero-order valence-corrected chi connectivity index (χ0v) is 9.83. The van der Waals surface area contributed by atoms with Gasteiger partial charge < -0.3 is 10.6 Å². The average Bonchev–Trinajstić information content (AvgIpc) is 3.12. The number of nitrogens with two attached hydrogens (primary N) is 1. The Morgan fingerprint density at radius 1 is 1.33 bits per heavy atom. The molecule has 1 aliphatic carbocycles. The Labute approximate surface area is 104 Å². The van der Waals surface area contributed by atoms with E-state index in [1.54, 1.807) is 0 Å². The number of hydrogen-bond acceptors (Lipinski definition) is 2. The normalized spacial score (nSPS) is 21.6. The van der Waals surface area contributed by atoms with E-state index in [1.807, 2.05) is 0 Å². The molecule has 0 unspecified atom stereocenters. The van der Waals surface area contributed by atoms with Crippen molar-refractivity contribution in [2.75, 3.05) is 13.1 Å². The summed E-state index contributed by atoms with van der Waals surface area (Å²) in [6, 6.07) is 3.63. The summed E-state index contributed by atoms with van der Waals surface area (Å²) in [4.78, 5) is 13.5. The van der Waals surface area contributed by atoms with Crippen LogP contribution in [0.2, 0.25) is 0 Å². The number of rotatable bonds is 2. The first kappa shape index (κ1) is 11.6. The Bertz CT molecular complexity index is 508. The van der Waals surface area contributed by atoms with Crippen molar-refractivity contribution in [2.45, 2.75) is 18.4 Å². The lowest BCUT2D eigenvalue weighted by molar-refractivity contribution is 0.0345. The number of likely N-dealkylation sites (tertiary alicyclic amines) is 1. The van der Waals surface area contributed by atoms with Crippen LogP contribution in [0, 0.1) is 17.6 Å². The summed E-state index contributed by atoms with van der Waals surface area (Å²) in [5, 5.41) is 0. The molecule has 1 heterocycles. The minimum Gasteiger partial charge on any atom is -0.335 e. The minimum atomic E-state index is -1.08. The van der Waals surface area contributed by atoms with Crippen LogP contribution >= 0.6 is 0 Å². The van der Waals surface area contributed by atoms with Crippen LogP contribution in [0.3, 0.4) is 0 Å². The Morgan fingerprint density at radius 2 is 2.00 bits per heavy atom. The second kappa shape index (κ2) is 3.75. The number of nitrogens with zero attached hydrogens (tertiary/aromatic N) is 1. The van der Waals surface area contributed by atoms with Gasteiger partial charge in [-0.2, -0.15) is 0 Å². The molecule has 2 fully saturated rings. The predicted molar refractivity (Wildman–Crippen MR) is 61.9 cm³/mol. The molecule has 0 atom stereocenters. The van der Waals surface area contributed by atoms with Crippen molar-refractivity contribution in [3.8, 4) is 0 Å². The van der Waals surface area contributed by atoms with Crippen LogP contribution in [0.4, 0.5) is 8.78 Å². The van der Waals surface area contributed by atoms with E-state index in [-0.39, 0.29) is 11.1 Å². The van der Waals surface area contributed by atoms with E-state index in [1.165, 1.54) is 17.0 Å². The highest BCUT2D eigenvalue weighted by Gasteiger charge is 2.51. The second-order valence-corrected chi connectivity index (χ2v) is 5.27. The highest BCUT2D eigenvalue weighted by atomic mass is 19.2. The lowest BCUT2D eigenvalue weighted by Gasteiger charge is -2.48. The fraction of sp³-hybridized carbons (Fsp3) is 0.462. The molecule has 1 aromatic carbocycles. The Balaban J connectivity index is 1.74. The first-order chi connectivity index (χ1) is 8.51. The number of carbonyl (C=O) groups excluding carboxylic acids is 1. The zero-order valence-electron chi connectivity index (χ0n) is 9.83. The van der Waals surface area contributed by atoms with Crippen molar-refractivity contribution in [3.63, 3.8) is 0 Å². The molecule has 1 aromatic rings. The maximum Gasteiger partial charge on any atom is 0.257 e. The molecule has 96 valence electrons. The lowest BCUT2D eigenvalue weighted by Crippen LogP contribution is -2.69. The van der Waals surface area contributed by atoms with E-state index >= 15 is 0 Å². The molecule has 0 bridgehead atoms. The molecule has 5 heteroatoms. The molecule has 2 aliphatic rings. The van der Waals surface area contributed by atoms with Crippen molar-refractivity contribution >= 4 is 5.91 Å². The summed E-state index contributed by atoms with van der Waals surface area (Å²) in [7, 11) is 0. The van der Waals surface area contributed by atoms with Crippen molar-refractivity contribution in [1.29, 1.82) is 0 Å². The first-order valence-electron chi connectivity index (χ1n) is 6.03. The molecule has 1 saturated carbocycles. The van der Waals surface area contributed by atoms with Gasteiger partial charge in [0.05, 0.1) is 11.1 Å². The van der Waals surface area contributed by atoms with Gasteiger partial charge in [0.15, 0.2) is 11.6 Å². The Kier molecular flexibility index (Phi) is 2.41. The first-order valence-corrected chi connectivity index (χ1v) is 6.03. The third-order valence-corrected chi connectivity index (χ3v) is 3.83. The zero-order chi connectivity index (χ0) is 12.9. The van der Waals surface area contributed by atoms with E-state index in [4.69, 9.17) is 5.73 Å². The van der Waals surface area contributed by atoms with Crippen molar-refractivity contribution in [2.24, 2.45) is 11.7 Å². The highest BCUT2D eigenvalue weighted by Crippen LogP contribution is 2.43. The molecule has 1 saturated heterocycles. The summed E-state index contributed by atoms with van der Waals surface area (Å²) in [5.41, 5.74) is 5.60. The largest absolute Gasteiger partial charge is 0.335 e. The fourth-order valence-electron chi connectivity index (χ4n) is 2.56. The fourth-order valence-corrected chi connectivity index (χ4v) is 2.56. The molecular weight excluding hydrogens is 238 g/mol. The van der Waals surface area contributed by atoms with Gasteiger partial charge in [-0.1, -0.05) is 6.07 Å². The van der Waals surface area contributed by atoms with E-state index in [0.717, 1.165) is 18.9 Å². The Hall–Kier alpha value is -1.49. The van der Waals surface area contributed by atoms with Gasteiger partial charge in [-0.05, 0) is 30.9 Å². The summed E-state index contributed by atoms with van der Waals surface area (Å²) in [6.45, 7) is 0.874. The van der Waals surface area contributed by atoms with Gasteiger partial charge in [-0.3, -0.25) is 4.79 Å². The van der Waals surface area contributed by atoms with E-state index in [9.17, 15) is 13.6 Å². The number of benzene rings is 1. The van der Waals surface area contributed by atoms with Gasteiger partial charge in [-0.25, -0.2) is 8.78 Å². The predicted octanol–water partition coefficient (Wildman–Crippen LogP) is 1.53. The number of hydrogen-bond donors (Lipinski definition) is 1. The van der Waals surface area contributed by atoms with E-state index in [2.05, 4.69) is 0 Å². The van der Waals surface area contributed by atoms with Crippen molar-refractivity contribution in [3.05, 3.63) is 35.4 Å². The smallest absolute Gasteiger partial charge is 0.257 e. The van der Waals surface area contributed by atoms with Gasteiger partial charge in [0, 0.05) is 13.1 Å². The van der Waals surface area contributed by atoms with Crippen molar-refractivity contribution in [1.82, 2.24) is 4.90 Å². The summed E-state index contributed by atoms with van der Waals surface area (Å²) in [5.74, 6) is -2.07. The van der Waals surface area contributed by atoms with Gasteiger partial charge in [0.2, 0.25) is 0 Å². The molecule has 3 rings (SSSR count). The molecule has 1 amide bonds. The molecule has 2 N–H and O–H groups in total.